The normalized spacial score (nSPS) is 9.94. The van der Waals surface area contributed by atoms with Crippen molar-refractivity contribution in [3.05, 3.63) is 29.3 Å². The minimum absolute atomic E-state index is 0.176. The van der Waals surface area contributed by atoms with Gasteiger partial charge in [0, 0.05) is 0 Å². The molecule has 0 radical (unpaired) electrons. The monoisotopic (exact) mass is 259 g/mol. The van der Waals surface area contributed by atoms with Crippen LogP contribution in [-0.2, 0) is 9.53 Å². The Morgan fingerprint density at radius 3 is 2.56 bits per heavy atom. The summed E-state index contributed by atoms with van der Waals surface area (Å²) in [6.07, 6.45) is 0. The predicted molar refractivity (Wildman–Crippen MR) is 58.4 cm³/mol. The predicted octanol–water partition coefficient (Wildman–Crippen LogP) is 1.64. The van der Waals surface area contributed by atoms with E-state index < -0.39 is 29.1 Å². The van der Waals surface area contributed by atoms with Crippen LogP contribution >= 0.6 is 0 Å². The van der Waals surface area contributed by atoms with Crippen molar-refractivity contribution in [3.63, 3.8) is 0 Å². The lowest BCUT2D eigenvalue weighted by atomic mass is 10.2. The molecule has 0 aliphatic rings. The molecule has 0 aliphatic heterocycles. The summed E-state index contributed by atoms with van der Waals surface area (Å²) < 4.78 is 31.3. The molecule has 0 aliphatic carbocycles. The van der Waals surface area contributed by atoms with E-state index >= 15 is 0 Å². The highest BCUT2D eigenvalue weighted by Crippen LogP contribution is 2.20. The average Bonchev–Trinajstić information content (AvgIpc) is 2.31. The number of hydrogen-bond donors (Lipinski definition) is 2. The summed E-state index contributed by atoms with van der Waals surface area (Å²) in [4.78, 5) is 21.5. The molecular formula is C11H11F2NO4. The van der Waals surface area contributed by atoms with Gasteiger partial charge in [-0.3, -0.25) is 4.79 Å². The lowest BCUT2D eigenvalue weighted by Crippen LogP contribution is -2.18. The van der Waals surface area contributed by atoms with Crippen molar-refractivity contribution in [2.24, 2.45) is 0 Å². The van der Waals surface area contributed by atoms with E-state index in [0.29, 0.717) is 0 Å². The first-order valence-electron chi connectivity index (χ1n) is 5.08. The van der Waals surface area contributed by atoms with Gasteiger partial charge in [-0.1, -0.05) is 0 Å². The topological polar surface area (TPSA) is 75.6 Å². The number of rotatable bonds is 5. The second-order valence-electron chi connectivity index (χ2n) is 3.25. The number of halogens is 2. The first-order valence-corrected chi connectivity index (χ1v) is 5.08. The van der Waals surface area contributed by atoms with E-state index in [1.165, 1.54) is 0 Å². The molecule has 98 valence electrons. The fourth-order valence-electron chi connectivity index (χ4n) is 1.23. The number of carboxylic acids is 1. The number of aromatic carboxylic acids is 1. The summed E-state index contributed by atoms with van der Waals surface area (Å²) >= 11 is 0. The number of carbonyl (C=O) groups is 2. The van der Waals surface area contributed by atoms with E-state index in [-0.39, 0.29) is 18.8 Å². The van der Waals surface area contributed by atoms with Crippen molar-refractivity contribution >= 4 is 17.6 Å². The summed E-state index contributed by atoms with van der Waals surface area (Å²) in [5.74, 6) is -5.02. The van der Waals surface area contributed by atoms with Gasteiger partial charge in [-0.05, 0) is 19.1 Å². The number of carboxylic acid groups (broad SMARTS) is 1. The Hall–Kier alpha value is -2.18. The number of esters is 1. The van der Waals surface area contributed by atoms with Crippen LogP contribution in [0.2, 0.25) is 0 Å². The number of carbonyl (C=O) groups excluding carboxylic acids is 1. The summed E-state index contributed by atoms with van der Waals surface area (Å²) in [6, 6.07) is 1.95. The first kappa shape index (κ1) is 13.9. The molecule has 0 fully saturated rings. The van der Waals surface area contributed by atoms with E-state index in [2.05, 4.69) is 10.1 Å². The Morgan fingerprint density at radius 2 is 2.00 bits per heavy atom. The quantitative estimate of drug-likeness (QED) is 0.786. The maximum absolute atomic E-state index is 13.4. The van der Waals surface area contributed by atoms with Gasteiger partial charge in [-0.15, -0.1) is 0 Å². The molecule has 0 heterocycles. The van der Waals surface area contributed by atoms with E-state index in [0.717, 1.165) is 12.1 Å². The first-order chi connectivity index (χ1) is 8.47. The number of nitrogens with one attached hydrogen (secondary N) is 1. The van der Waals surface area contributed by atoms with Gasteiger partial charge in [0.15, 0.2) is 11.6 Å². The van der Waals surface area contributed by atoms with Gasteiger partial charge >= 0.3 is 11.9 Å². The molecule has 0 amide bonds. The van der Waals surface area contributed by atoms with Crippen LogP contribution in [-0.4, -0.2) is 30.2 Å². The summed E-state index contributed by atoms with van der Waals surface area (Å²) in [5.41, 5.74) is -1.07. The molecule has 0 bridgehead atoms. The zero-order chi connectivity index (χ0) is 13.7. The van der Waals surface area contributed by atoms with Crippen LogP contribution in [0.15, 0.2) is 12.1 Å². The average molecular weight is 259 g/mol. The molecule has 0 saturated carbocycles. The second kappa shape index (κ2) is 5.95. The van der Waals surface area contributed by atoms with Crippen LogP contribution in [0.1, 0.15) is 17.3 Å². The largest absolute Gasteiger partial charge is 0.478 e. The Kier molecular flexibility index (Phi) is 4.59. The zero-order valence-corrected chi connectivity index (χ0v) is 9.50. The molecule has 1 rings (SSSR count). The Morgan fingerprint density at radius 1 is 1.33 bits per heavy atom. The fraction of sp³-hybridized carbons (Fsp3) is 0.273. The Labute approximate surface area is 101 Å². The Balaban J connectivity index is 2.83. The number of hydrogen-bond acceptors (Lipinski definition) is 4. The molecule has 2 N–H and O–H groups in total. The lowest BCUT2D eigenvalue weighted by molar-refractivity contribution is -0.140. The van der Waals surface area contributed by atoms with Crippen molar-refractivity contribution in [1.82, 2.24) is 0 Å². The van der Waals surface area contributed by atoms with Crippen LogP contribution in [0.3, 0.4) is 0 Å². The third-order valence-corrected chi connectivity index (χ3v) is 2.04. The van der Waals surface area contributed by atoms with Gasteiger partial charge < -0.3 is 15.2 Å². The van der Waals surface area contributed by atoms with Gasteiger partial charge in [0.2, 0.25) is 0 Å². The maximum Gasteiger partial charge on any atom is 0.338 e. The van der Waals surface area contributed by atoms with E-state index in [4.69, 9.17) is 5.11 Å². The highest BCUT2D eigenvalue weighted by molar-refractivity contribution is 5.88. The molecule has 7 heteroatoms. The van der Waals surface area contributed by atoms with Gasteiger partial charge in [0.1, 0.15) is 6.54 Å². The van der Waals surface area contributed by atoms with Crippen molar-refractivity contribution < 1.29 is 28.2 Å². The minimum atomic E-state index is -1.57. The van der Waals surface area contributed by atoms with Crippen molar-refractivity contribution in [2.45, 2.75) is 6.92 Å². The molecule has 18 heavy (non-hydrogen) atoms. The minimum Gasteiger partial charge on any atom is -0.478 e. The van der Waals surface area contributed by atoms with Crippen molar-refractivity contribution in [1.29, 1.82) is 0 Å². The molecule has 0 aromatic heterocycles. The standard InChI is InChI=1S/C11H11F2NO4/c1-2-18-8(15)5-14-7-4-3-6(11(16)17)9(12)10(7)13/h3-4,14H,2,5H2,1H3,(H,16,17). The van der Waals surface area contributed by atoms with Gasteiger partial charge in [-0.25, -0.2) is 13.6 Å². The van der Waals surface area contributed by atoms with Crippen molar-refractivity contribution in [3.8, 4) is 0 Å². The summed E-state index contributed by atoms with van der Waals surface area (Å²) in [6.45, 7) is 1.45. The summed E-state index contributed by atoms with van der Waals surface area (Å²) in [5, 5.41) is 10.9. The molecule has 0 saturated heterocycles. The van der Waals surface area contributed by atoms with Gasteiger partial charge in [0.25, 0.3) is 0 Å². The molecule has 5 nitrogen and oxygen atoms in total. The second-order valence-corrected chi connectivity index (χ2v) is 3.25. The summed E-state index contributed by atoms with van der Waals surface area (Å²) in [7, 11) is 0. The van der Waals surface area contributed by atoms with Gasteiger partial charge in [-0.2, -0.15) is 0 Å². The third-order valence-electron chi connectivity index (χ3n) is 2.04. The molecule has 0 unspecified atom stereocenters. The number of benzene rings is 1. The van der Waals surface area contributed by atoms with Crippen LogP contribution in [0.4, 0.5) is 14.5 Å². The van der Waals surface area contributed by atoms with Crippen molar-refractivity contribution in [2.75, 3.05) is 18.5 Å². The smallest absolute Gasteiger partial charge is 0.338 e. The highest BCUT2D eigenvalue weighted by Gasteiger charge is 2.18. The van der Waals surface area contributed by atoms with E-state index in [1.54, 1.807) is 6.92 Å². The Bertz CT molecular complexity index is 476. The third kappa shape index (κ3) is 3.16. The molecular weight excluding hydrogens is 248 g/mol. The number of ether oxygens (including phenoxy) is 1. The maximum atomic E-state index is 13.4. The SMILES string of the molecule is CCOC(=O)CNc1ccc(C(=O)O)c(F)c1F. The van der Waals surface area contributed by atoms with Crippen LogP contribution < -0.4 is 5.32 Å². The molecule has 0 atom stereocenters. The molecule has 0 spiro atoms. The fourth-order valence-corrected chi connectivity index (χ4v) is 1.23. The molecule has 1 aromatic carbocycles. The zero-order valence-electron chi connectivity index (χ0n) is 9.50. The van der Waals surface area contributed by atoms with Crippen LogP contribution in [0.25, 0.3) is 0 Å². The molecule has 1 aromatic rings. The number of anilines is 1. The highest BCUT2D eigenvalue weighted by atomic mass is 19.2. The van der Waals surface area contributed by atoms with E-state index in [1.807, 2.05) is 0 Å². The van der Waals surface area contributed by atoms with Gasteiger partial charge in [0.05, 0.1) is 17.9 Å². The van der Waals surface area contributed by atoms with Crippen LogP contribution in [0, 0.1) is 11.6 Å². The van der Waals surface area contributed by atoms with E-state index in [9.17, 15) is 18.4 Å². The lowest BCUT2D eigenvalue weighted by Gasteiger charge is -2.08. The van der Waals surface area contributed by atoms with Crippen LogP contribution in [0.5, 0.6) is 0 Å².